The summed E-state index contributed by atoms with van der Waals surface area (Å²) in [7, 11) is -3.42. The maximum absolute atomic E-state index is 13.2. The second-order valence-corrected chi connectivity index (χ2v) is 6.99. The zero-order valence-corrected chi connectivity index (χ0v) is 14.2. The van der Waals surface area contributed by atoms with Gasteiger partial charge in [0.2, 0.25) is 0 Å². The molecule has 23 heavy (non-hydrogen) atoms. The first kappa shape index (κ1) is 17.5. The van der Waals surface area contributed by atoms with Crippen molar-refractivity contribution >= 4 is 13.3 Å². The van der Waals surface area contributed by atoms with E-state index in [1.54, 1.807) is 38.1 Å². The number of anilines is 1. The van der Waals surface area contributed by atoms with Crippen molar-refractivity contribution < 1.29 is 18.7 Å². The van der Waals surface area contributed by atoms with Crippen molar-refractivity contribution in [1.29, 1.82) is 0 Å². The normalized spacial score (nSPS) is 12.8. The highest BCUT2D eigenvalue weighted by Crippen LogP contribution is 2.60. The van der Waals surface area contributed by atoms with E-state index in [0.29, 0.717) is 0 Å². The smallest absolute Gasteiger partial charge is 0.357 e. The molecular weight excluding hydrogens is 313 g/mol. The lowest BCUT2D eigenvalue weighted by Crippen LogP contribution is -2.15. The predicted molar refractivity (Wildman–Crippen MR) is 91.8 cm³/mol. The third-order valence-electron chi connectivity index (χ3n) is 3.22. The summed E-state index contributed by atoms with van der Waals surface area (Å²) in [5.41, 5.74) is 1.53. The van der Waals surface area contributed by atoms with Gasteiger partial charge in [0, 0.05) is 5.69 Å². The van der Waals surface area contributed by atoms with Gasteiger partial charge in [-0.2, -0.15) is 0 Å². The minimum Gasteiger partial charge on any atom is -0.508 e. The Kier molecular flexibility index (Phi) is 6.22. The zero-order valence-electron chi connectivity index (χ0n) is 13.3. The van der Waals surface area contributed by atoms with Crippen LogP contribution in [0.1, 0.15) is 25.2 Å². The van der Waals surface area contributed by atoms with E-state index in [4.69, 9.17) is 9.05 Å². The Hall–Kier alpha value is -1.81. The largest absolute Gasteiger partial charge is 0.508 e. The van der Waals surface area contributed by atoms with Crippen molar-refractivity contribution in [2.45, 2.75) is 19.6 Å². The molecule has 0 bridgehead atoms. The second-order valence-electron chi connectivity index (χ2n) is 4.88. The Morgan fingerprint density at radius 2 is 1.57 bits per heavy atom. The third kappa shape index (κ3) is 4.58. The van der Waals surface area contributed by atoms with Crippen molar-refractivity contribution in [1.82, 2.24) is 0 Å². The van der Waals surface area contributed by atoms with E-state index in [1.807, 2.05) is 30.3 Å². The first-order valence-electron chi connectivity index (χ1n) is 7.58. The molecule has 2 aromatic carbocycles. The fraction of sp³-hybridized carbons (Fsp3) is 0.294. The number of phenolic OH excluding ortho intramolecular Hbond substituents is 1. The lowest BCUT2D eigenvalue weighted by Gasteiger charge is -2.28. The number of aromatic hydroxyl groups is 1. The molecule has 6 heteroatoms. The van der Waals surface area contributed by atoms with E-state index in [1.165, 1.54) is 0 Å². The van der Waals surface area contributed by atoms with Crippen LogP contribution in [0.25, 0.3) is 0 Å². The van der Waals surface area contributed by atoms with E-state index >= 15 is 0 Å². The van der Waals surface area contributed by atoms with Crippen molar-refractivity contribution in [2.24, 2.45) is 0 Å². The summed E-state index contributed by atoms with van der Waals surface area (Å²) in [5.74, 6) is -0.514. The number of rotatable bonds is 8. The lowest BCUT2D eigenvalue weighted by atomic mass is 10.2. The lowest BCUT2D eigenvalue weighted by molar-refractivity contribution is 0.214. The Morgan fingerprint density at radius 3 is 2.09 bits per heavy atom. The Morgan fingerprint density at radius 1 is 1.00 bits per heavy atom. The molecule has 2 rings (SSSR count). The van der Waals surface area contributed by atoms with Crippen LogP contribution in [-0.4, -0.2) is 18.3 Å². The van der Waals surface area contributed by atoms with Crippen LogP contribution in [0.4, 0.5) is 5.69 Å². The summed E-state index contributed by atoms with van der Waals surface area (Å²) in [6.07, 6.45) is 0. The van der Waals surface area contributed by atoms with Gasteiger partial charge >= 0.3 is 7.60 Å². The zero-order chi connectivity index (χ0) is 16.7. The Balaban J connectivity index is 2.40. The maximum atomic E-state index is 13.2. The molecule has 0 fully saturated rings. The molecule has 0 heterocycles. The molecule has 1 unspecified atom stereocenters. The average molecular weight is 335 g/mol. The van der Waals surface area contributed by atoms with Gasteiger partial charge in [-0.05, 0) is 43.7 Å². The van der Waals surface area contributed by atoms with Crippen LogP contribution in [0.15, 0.2) is 54.6 Å². The summed E-state index contributed by atoms with van der Waals surface area (Å²) >= 11 is 0. The van der Waals surface area contributed by atoms with E-state index in [-0.39, 0.29) is 19.0 Å². The average Bonchev–Trinajstić information content (AvgIpc) is 2.55. The van der Waals surface area contributed by atoms with Crippen LogP contribution >= 0.6 is 7.60 Å². The van der Waals surface area contributed by atoms with Gasteiger partial charge in [-0.25, -0.2) is 0 Å². The van der Waals surface area contributed by atoms with Crippen LogP contribution in [0.5, 0.6) is 5.75 Å². The quantitative estimate of drug-likeness (QED) is 0.680. The van der Waals surface area contributed by atoms with Crippen LogP contribution in [0, 0.1) is 0 Å². The fourth-order valence-electron chi connectivity index (χ4n) is 2.24. The van der Waals surface area contributed by atoms with Gasteiger partial charge in [0.15, 0.2) is 5.78 Å². The molecule has 1 atom stereocenters. The van der Waals surface area contributed by atoms with Crippen LogP contribution in [0.2, 0.25) is 0 Å². The van der Waals surface area contributed by atoms with Crippen LogP contribution < -0.4 is 5.32 Å². The summed E-state index contributed by atoms with van der Waals surface area (Å²) < 4.78 is 24.2. The molecule has 0 saturated carbocycles. The van der Waals surface area contributed by atoms with E-state index in [0.717, 1.165) is 11.3 Å². The summed E-state index contributed by atoms with van der Waals surface area (Å²) in [6.45, 7) is 4.12. The highest BCUT2D eigenvalue weighted by Gasteiger charge is 2.37. The highest BCUT2D eigenvalue weighted by molar-refractivity contribution is 7.54. The molecule has 5 nitrogen and oxygen atoms in total. The molecule has 0 saturated heterocycles. The number of benzene rings is 2. The van der Waals surface area contributed by atoms with Crippen LogP contribution in [0.3, 0.4) is 0 Å². The molecular formula is C17H22NO4P. The minimum atomic E-state index is -3.42. The SMILES string of the molecule is CCOP(=O)(OCC)C(Nc1ccccc1)c1ccc(O)cc1. The molecule has 0 aliphatic carbocycles. The van der Waals surface area contributed by atoms with Gasteiger partial charge in [-0.15, -0.1) is 0 Å². The third-order valence-corrected chi connectivity index (χ3v) is 5.52. The molecule has 0 aliphatic rings. The molecule has 0 aromatic heterocycles. The fourth-order valence-corrected chi connectivity index (χ4v) is 4.18. The van der Waals surface area contributed by atoms with Gasteiger partial charge < -0.3 is 19.5 Å². The molecule has 0 aliphatic heterocycles. The first-order valence-corrected chi connectivity index (χ1v) is 9.19. The van der Waals surface area contributed by atoms with E-state index in [2.05, 4.69) is 5.32 Å². The van der Waals surface area contributed by atoms with E-state index in [9.17, 15) is 9.67 Å². The summed E-state index contributed by atoms with van der Waals surface area (Å²) in [6, 6.07) is 16.0. The first-order chi connectivity index (χ1) is 11.1. The van der Waals surface area contributed by atoms with Gasteiger partial charge in [0.1, 0.15) is 5.75 Å². The van der Waals surface area contributed by atoms with Crippen LogP contribution in [-0.2, 0) is 13.6 Å². The molecule has 2 aromatic rings. The predicted octanol–water partition coefficient (Wildman–Crippen LogP) is 4.77. The second kappa shape index (κ2) is 8.16. The highest BCUT2D eigenvalue weighted by atomic mass is 31.2. The van der Waals surface area contributed by atoms with Crippen molar-refractivity contribution in [3.05, 3.63) is 60.2 Å². The molecule has 2 N–H and O–H groups in total. The number of phenols is 1. The van der Waals surface area contributed by atoms with Crippen molar-refractivity contribution in [3.63, 3.8) is 0 Å². The number of hydrogen-bond donors (Lipinski definition) is 2. The van der Waals surface area contributed by atoms with Gasteiger partial charge in [-0.3, -0.25) is 4.57 Å². The monoisotopic (exact) mass is 335 g/mol. The summed E-state index contributed by atoms with van der Waals surface area (Å²) in [4.78, 5) is 0. The molecule has 0 spiro atoms. The Labute approximate surface area is 136 Å². The molecule has 124 valence electrons. The van der Waals surface area contributed by atoms with Crippen molar-refractivity contribution in [2.75, 3.05) is 18.5 Å². The van der Waals surface area contributed by atoms with Gasteiger partial charge in [-0.1, -0.05) is 30.3 Å². The van der Waals surface area contributed by atoms with Crippen molar-refractivity contribution in [3.8, 4) is 5.75 Å². The Bertz CT molecular complexity index is 635. The minimum absolute atomic E-state index is 0.148. The van der Waals surface area contributed by atoms with Gasteiger partial charge in [0.05, 0.1) is 13.2 Å². The molecule has 0 radical (unpaired) electrons. The van der Waals surface area contributed by atoms with Gasteiger partial charge in [0.25, 0.3) is 0 Å². The maximum Gasteiger partial charge on any atom is 0.357 e. The summed E-state index contributed by atoms with van der Waals surface area (Å²) in [5, 5.41) is 12.7. The molecule has 0 amide bonds. The standard InChI is InChI=1S/C17H22NO4P/c1-3-21-23(20,22-4-2)17(14-10-12-16(19)13-11-14)18-15-8-6-5-7-9-15/h5-13,17-19H,3-4H2,1-2H3. The topological polar surface area (TPSA) is 67.8 Å². The number of para-hydroxylation sites is 1. The van der Waals surface area contributed by atoms with E-state index < -0.39 is 13.4 Å². The number of nitrogens with one attached hydrogen (secondary N) is 1. The number of hydrogen-bond acceptors (Lipinski definition) is 5.